The first kappa shape index (κ1) is 21.1. The summed E-state index contributed by atoms with van der Waals surface area (Å²) in [5.41, 5.74) is 7.72. The number of alkyl halides is 3. The minimum absolute atomic E-state index is 0.250. The third-order valence-corrected chi connectivity index (χ3v) is 3.91. The molecule has 0 bridgehead atoms. The van der Waals surface area contributed by atoms with E-state index >= 15 is 0 Å². The predicted octanol–water partition coefficient (Wildman–Crippen LogP) is 2.38. The van der Waals surface area contributed by atoms with Crippen molar-refractivity contribution in [1.82, 2.24) is 20.4 Å². The van der Waals surface area contributed by atoms with Gasteiger partial charge in [-0.05, 0) is 25.0 Å². The van der Waals surface area contributed by atoms with Crippen molar-refractivity contribution in [2.75, 3.05) is 25.9 Å². The molecule has 0 radical (unpaired) electrons. The van der Waals surface area contributed by atoms with Crippen molar-refractivity contribution >= 4 is 11.8 Å². The number of aryl methyl sites for hydroxylation is 1. The summed E-state index contributed by atoms with van der Waals surface area (Å²) in [6.07, 6.45) is -4.06. The van der Waals surface area contributed by atoms with Crippen LogP contribution in [0.3, 0.4) is 0 Å². The molecule has 10 heteroatoms. The first-order chi connectivity index (χ1) is 13.4. The maximum absolute atomic E-state index is 12.2. The van der Waals surface area contributed by atoms with Crippen LogP contribution in [0, 0.1) is 11.3 Å². The second kappa shape index (κ2) is 9.64. The lowest BCUT2D eigenvalue weighted by molar-refractivity contribution is -0.132. The van der Waals surface area contributed by atoms with Gasteiger partial charge in [0, 0.05) is 20.1 Å². The molecule has 0 unspecified atom stereocenters. The van der Waals surface area contributed by atoms with Gasteiger partial charge in [-0.2, -0.15) is 23.5 Å². The van der Waals surface area contributed by atoms with Crippen LogP contribution in [-0.2, 0) is 6.42 Å². The summed E-state index contributed by atoms with van der Waals surface area (Å²) in [4.78, 5) is 3.88. The topological polar surface area (TPSA) is 104 Å². The summed E-state index contributed by atoms with van der Waals surface area (Å²) < 4.78 is 38.1. The molecule has 0 amide bonds. The quantitative estimate of drug-likeness (QED) is 0.381. The van der Waals surface area contributed by atoms with Crippen LogP contribution >= 0.6 is 0 Å². The second-order valence-corrected chi connectivity index (χ2v) is 5.96. The van der Waals surface area contributed by atoms with Crippen LogP contribution in [-0.4, -0.2) is 42.1 Å². The van der Waals surface area contributed by atoms with E-state index in [4.69, 9.17) is 5.73 Å². The number of nitrogens with one attached hydrogen (secondary N) is 2. The van der Waals surface area contributed by atoms with E-state index in [9.17, 15) is 18.4 Å². The summed E-state index contributed by atoms with van der Waals surface area (Å²) in [6.45, 7) is 0.203. The van der Waals surface area contributed by atoms with Crippen LogP contribution in [0.2, 0.25) is 0 Å². The van der Waals surface area contributed by atoms with Crippen LogP contribution in [0.15, 0.2) is 35.3 Å². The molecule has 28 heavy (non-hydrogen) atoms. The number of benzene rings is 1. The predicted molar refractivity (Wildman–Crippen MR) is 101 cm³/mol. The zero-order valence-corrected chi connectivity index (χ0v) is 15.4. The lowest BCUT2D eigenvalue weighted by Crippen LogP contribution is -2.39. The largest absolute Gasteiger partial charge is 0.390 e. The van der Waals surface area contributed by atoms with Crippen molar-refractivity contribution in [1.29, 1.82) is 5.26 Å². The fourth-order valence-electron chi connectivity index (χ4n) is 2.55. The molecule has 1 heterocycles. The molecule has 0 saturated carbocycles. The van der Waals surface area contributed by atoms with Gasteiger partial charge in [-0.1, -0.05) is 18.2 Å². The van der Waals surface area contributed by atoms with Gasteiger partial charge in [0.15, 0.2) is 5.96 Å². The molecule has 2 rings (SSSR count). The zero-order valence-electron chi connectivity index (χ0n) is 15.4. The molecule has 1 aromatic carbocycles. The van der Waals surface area contributed by atoms with E-state index in [0.717, 1.165) is 5.69 Å². The van der Waals surface area contributed by atoms with Crippen molar-refractivity contribution in [2.24, 2.45) is 4.99 Å². The van der Waals surface area contributed by atoms with Crippen LogP contribution in [0.25, 0.3) is 5.69 Å². The number of halogens is 3. The number of aliphatic imine (C=N–C) groups is 1. The molecule has 2 aromatic rings. The highest BCUT2D eigenvalue weighted by molar-refractivity contribution is 5.79. The van der Waals surface area contributed by atoms with E-state index in [1.165, 1.54) is 11.7 Å². The molecule has 0 aliphatic rings. The summed E-state index contributed by atoms with van der Waals surface area (Å²) in [7, 11) is 1.49. The van der Waals surface area contributed by atoms with Crippen molar-refractivity contribution in [3.8, 4) is 11.8 Å². The Bertz CT molecular complexity index is 835. The molecular weight excluding hydrogens is 371 g/mol. The van der Waals surface area contributed by atoms with Crippen LogP contribution in [0.1, 0.15) is 24.1 Å². The van der Waals surface area contributed by atoms with Gasteiger partial charge < -0.3 is 16.4 Å². The number of nitrogen functional groups attached to an aromatic ring is 1. The minimum atomic E-state index is -4.21. The Hall–Kier alpha value is -3.22. The Morgan fingerprint density at radius 2 is 1.93 bits per heavy atom. The van der Waals surface area contributed by atoms with E-state index < -0.39 is 12.6 Å². The Morgan fingerprint density at radius 3 is 2.54 bits per heavy atom. The van der Waals surface area contributed by atoms with E-state index in [2.05, 4.69) is 26.8 Å². The number of aromatic nitrogens is 2. The Labute approximate surface area is 161 Å². The number of anilines is 1. The summed E-state index contributed by atoms with van der Waals surface area (Å²) in [5.74, 6) is 0.570. The third kappa shape index (κ3) is 5.90. The SMILES string of the molecule is CN=C(NCCCc1nn(-c2ccccc2)c(N)c1C#N)NCCC(F)(F)F. The van der Waals surface area contributed by atoms with Gasteiger partial charge in [-0.25, -0.2) is 4.68 Å². The van der Waals surface area contributed by atoms with Crippen LogP contribution in [0.5, 0.6) is 0 Å². The van der Waals surface area contributed by atoms with Crippen molar-refractivity contribution in [3.63, 3.8) is 0 Å². The molecular formula is C18H22F3N7. The van der Waals surface area contributed by atoms with E-state index in [1.807, 2.05) is 30.3 Å². The number of rotatable bonds is 7. The van der Waals surface area contributed by atoms with Crippen LogP contribution < -0.4 is 16.4 Å². The highest BCUT2D eigenvalue weighted by Crippen LogP contribution is 2.21. The third-order valence-electron chi connectivity index (χ3n) is 3.91. The molecule has 7 nitrogen and oxygen atoms in total. The molecule has 0 saturated heterocycles. The normalized spacial score (nSPS) is 11.9. The Kier molecular flexibility index (Phi) is 7.26. The van der Waals surface area contributed by atoms with Gasteiger partial charge in [-0.15, -0.1) is 0 Å². The first-order valence-corrected chi connectivity index (χ1v) is 8.70. The molecule has 4 N–H and O–H groups in total. The summed E-state index contributed by atoms with van der Waals surface area (Å²) in [6, 6.07) is 11.3. The fourth-order valence-corrected chi connectivity index (χ4v) is 2.55. The highest BCUT2D eigenvalue weighted by Gasteiger charge is 2.26. The second-order valence-electron chi connectivity index (χ2n) is 5.96. The molecule has 1 aromatic heterocycles. The first-order valence-electron chi connectivity index (χ1n) is 8.70. The van der Waals surface area contributed by atoms with Crippen molar-refractivity contribution < 1.29 is 13.2 Å². The van der Waals surface area contributed by atoms with Gasteiger partial charge in [0.1, 0.15) is 17.5 Å². The van der Waals surface area contributed by atoms with Crippen molar-refractivity contribution in [2.45, 2.75) is 25.4 Å². The maximum Gasteiger partial charge on any atom is 0.390 e. The number of guanidine groups is 1. The number of hydrogen-bond acceptors (Lipinski definition) is 4. The van der Waals surface area contributed by atoms with Gasteiger partial charge in [-0.3, -0.25) is 4.99 Å². The van der Waals surface area contributed by atoms with E-state index in [-0.39, 0.29) is 12.4 Å². The summed E-state index contributed by atoms with van der Waals surface area (Å²) >= 11 is 0. The number of nitriles is 1. The average molecular weight is 393 g/mol. The lowest BCUT2D eigenvalue weighted by atomic mass is 10.1. The minimum Gasteiger partial charge on any atom is -0.382 e. The average Bonchev–Trinajstić information content (AvgIpc) is 2.98. The standard InChI is InChI=1S/C18H22F3N7/c1-24-17(26-11-9-18(19,20)21)25-10-5-8-15-14(12-22)16(23)28(27-15)13-6-3-2-4-7-13/h2-4,6-7H,5,8-11,23H2,1H3,(H2,24,25,26). The Morgan fingerprint density at radius 1 is 1.25 bits per heavy atom. The Balaban J connectivity index is 1.90. The molecule has 150 valence electrons. The smallest absolute Gasteiger partial charge is 0.382 e. The van der Waals surface area contributed by atoms with E-state index in [0.29, 0.717) is 36.6 Å². The zero-order chi connectivity index (χ0) is 20.6. The molecule has 0 spiro atoms. The van der Waals surface area contributed by atoms with Gasteiger partial charge >= 0.3 is 6.18 Å². The van der Waals surface area contributed by atoms with Crippen molar-refractivity contribution in [3.05, 3.63) is 41.6 Å². The number of nitrogens with two attached hydrogens (primary N) is 1. The van der Waals surface area contributed by atoms with E-state index in [1.54, 1.807) is 0 Å². The summed E-state index contributed by atoms with van der Waals surface area (Å²) in [5, 5.41) is 19.4. The van der Waals surface area contributed by atoms with Gasteiger partial charge in [0.05, 0.1) is 17.8 Å². The molecule has 0 aliphatic heterocycles. The lowest BCUT2D eigenvalue weighted by Gasteiger charge is -2.12. The highest BCUT2D eigenvalue weighted by atomic mass is 19.4. The fraction of sp³-hybridized carbons (Fsp3) is 0.389. The molecule has 0 fully saturated rings. The number of nitrogens with zero attached hydrogens (tertiary/aromatic N) is 4. The van der Waals surface area contributed by atoms with Crippen LogP contribution in [0.4, 0.5) is 19.0 Å². The number of para-hydroxylation sites is 1. The number of hydrogen-bond donors (Lipinski definition) is 3. The monoisotopic (exact) mass is 393 g/mol. The van der Waals surface area contributed by atoms with Gasteiger partial charge in [0.25, 0.3) is 0 Å². The molecule has 0 aliphatic carbocycles. The van der Waals surface area contributed by atoms with Gasteiger partial charge in [0.2, 0.25) is 0 Å². The maximum atomic E-state index is 12.2. The molecule has 0 atom stereocenters.